The predicted molar refractivity (Wildman–Crippen MR) is 129 cm³/mol. The Morgan fingerprint density at radius 2 is 1.11 bits per heavy atom. The van der Waals surface area contributed by atoms with Gasteiger partial charge in [-0.2, -0.15) is 12.2 Å². The summed E-state index contributed by atoms with van der Waals surface area (Å²) in [5, 5.41) is 0. The third-order valence-electron chi connectivity index (χ3n) is 3.01. The van der Waals surface area contributed by atoms with Crippen molar-refractivity contribution in [3.8, 4) is 0 Å². The topological polar surface area (TPSA) is 0 Å². The van der Waals surface area contributed by atoms with Gasteiger partial charge in [0, 0.05) is 9.52 Å². The second-order valence-electron chi connectivity index (χ2n) is 7.76. The molecule has 0 unspecified atom stereocenters. The molecule has 0 aromatic carbocycles. The van der Waals surface area contributed by atoms with Crippen molar-refractivity contribution >= 4 is 34.3 Å². The molecule has 0 saturated carbocycles. The second-order valence-corrected chi connectivity index (χ2v) is 8.91. The minimum Gasteiger partial charge on any atom is -0.269 e. The number of hydrogen-bond donors (Lipinski definition) is 0. The molecule has 0 aromatic heterocycles. The van der Waals surface area contributed by atoms with Gasteiger partial charge in [-0.05, 0) is 10.8 Å². The maximum atomic E-state index is 3.30. The average Bonchev–Trinajstić information content (AvgIpc) is 3.14. The van der Waals surface area contributed by atoms with Crippen molar-refractivity contribution in [1.82, 2.24) is 0 Å². The zero-order chi connectivity index (χ0) is 19.2. The van der Waals surface area contributed by atoms with Gasteiger partial charge < -0.3 is 0 Å². The first-order valence-corrected chi connectivity index (χ1v) is 11.0. The van der Waals surface area contributed by atoms with Crippen LogP contribution < -0.4 is 0 Å². The Morgan fingerprint density at radius 3 is 1.19 bits per heavy atom. The second kappa shape index (κ2) is 21.0. The molecule has 2 radical (unpaired) electrons. The molecule has 0 heterocycles. The SMILES string of the molecule is C=C[CH2-].CC(C)(C)C1=[C-]CC=C1.CC(C)(C)C1=[C-]CC=C1.C[SiH]C.Cl.Cl.[Zr+3]. The molecule has 0 N–H and O–H groups in total. The maximum absolute atomic E-state index is 3.30. The molecule has 2 rings (SSSR count). The van der Waals surface area contributed by atoms with E-state index in [1.54, 1.807) is 0 Å². The number of hydrogen-bond acceptors (Lipinski definition) is 0. The van der Waals surface area contributed by atoms with E-state index in [1.807, 2.05) is 0 Å². The molecule has 0 spiro atoms. The van der Waals surface area contributed by atoms with Crippen molar-refractivity contribution in [1.29, 1.82) is 0 Å². The van der Waals surface area contributed by atoms with Crippen LogP contribution in [0.3, 0.4) is 0 Å². The van der Waals surface area contributed by atoms with Gasteiger partial charge in [0.1, 0.15) is 0 Å². The van der Waals surface area contributed by atoms with Crippen LogP contribution >= 0.6 is 24.8 Å². The van der Waals surface area contributed by atoms with Gasteiger partial charge >= 0.3 is 26.2 Å². The zero-order valence-electron chi connectivity index (χ0n) is 18.6. The van der Waals surface area contributed by atoms with Crippen LogP contribution in [0, 0.1) is 29.9 Å². The van der Waals surface area contributed by atoms with Crippen molar-refractivity contribution < 1.29 is 26.2 Å². The molecule has 0 bridgehead atoms. The quantitative estimate of drug-likeness (QED) is 0.232. The van der Waals surface area contributed by atoms with Crippen LogP contribution in [0.4, 0.5) is 0 Å². The van der Waals surface area contributed by atoms with Gasteiger partial charge in [0.2, 0.25) is 0 Å². The van der Waals surface area contributed by atoms with Crippen molar-refractivity contribution in [2.75, 3.05) is 0 Å². The largest absolute Gasteiger partial charge is 3.00 e. The van der Waals surface area contributed by atoms with Gasteiger partial charge in [0.25, 0.3) is 0 Å². The fraction of sp³-hybridized carbons (Fsp3) is 0.522. The molecule has 4 heteroatoms. The van der Waals surface area contributed by atoms with E-state index in [-0.39, 0.29) is 51.0 Å². The van der Waals surface area contributed by atoms with Crippen molar-refractivity contribution in [2.45, 2.75) is 67.5 Å². The molecule has 0 fully saturated rings. The van der Waals surface area contributed by atoms with E-state index in [4.69, 9.17) is 0 Å². The number of rotatable bonds is 0. The monoisotopic (exact) mass is 504 g/mol. The van der Waals surface area contributed by atoms with Crippen LogP contribution in [-0.2, 0) is 26.2 Å². The molecule has 0 nitrogen and oxygen atoms in total. The summed E-state index contributed by atoms with van der Waals surface area (Å²) < 4.78 is 0. The van der Waals surface area contributed by atoms with Crippen molar-refractivity contribution in [3.05, 3.63) is 67.2 Å². The summed E-state index contributed by atoms with van der Waals surface area (Å²) in [7, 11) is 0.750. The molecule has 2 aliphatic rings. The molecule has 2 aliphatic carbocycles. The standard InChI is InChI=1S/2C9H13.C3H5.C2H7Si.2ClH.Zr/c2*1-9(2,3)8-6-4-5-7-8;2*1-3-2;;;/h2*4,6H,5H2,1-3H3;3H,1-2H2;3H,1-2H3;2*1H;/q3*-1;;;;+3. The summed E-state index contributed by atoms with van der Waals surface area (Å²) in [5.41, 5.74) is 3.30. The van der Waals surface area contributed by atoms with Crippen molar-refractivity contribution in [3.63, 3.8) is 0 Å². The first-order valence-electron chi connectivity index (χ1n) is 8.74. The van der Waals surface area contributed by atoms with Gasteiger partial charge in [-0.25, -0.2) is 42.9 Å². The fourth-order valence-corrected chi connectivity index (χ4v) is 1.84. The van der Waals surface area contributed by atoms with Gasteiger partial charge in [0.05, 0.1) is 0 Å². The molecule has 0 saturated heterocycles. The van der Waals surface area contributed by atoms with Gasteiger partial charge in [-0.1, -0.05) is 54.6 Å². The minimum atomic E-state index is 0. The molecule has 0 atom stereocenters. The van der Waals surface area contributed by atoms with E-state index in [1.165, 1.54) is 17.2 Å². The summed E-state index contributed by atoms with van der Waals surface area (Å²) in [6, 6.07) is 0. The summed E-state index contributed by atoms with van der Waals surface area (Å²) in [6.45, 7) is 24.2. The van der Waals surface area contributed by atoms with Gasteiger partial charge in [-0.3, -0.25) is 12.2 Å². The number of allylic oxidation sites excluding steroid dienone is 9. The van der Waals surface area contributed by atoms with E-state index in [9.17, 15) is 0 Å². The predicted octanol–water partition coefficient (Wildman–Crippen LogP) is 7.81. The van der Waals surface area contributed by atoms with Gasteiger partial charge in [-0.15, -0.1) is 37.7 Å². The molecule has 27 heavy (non-hydrogen) atoms. The number of halogens is 2. The Labute approximate surface area is 204 Å². The summed E-state index contributed by atoms with van der Waals surface area (Å²) in [6.07, 6.45) is 18.8. The summed E-state index contributed by atoms with van der Waals surface area (Å²) in [5.74, 6) is 0. The maximum Gasteiger partial charge on any atom is 3.00 e. The third kappa shape index (κ3) is 22.4. The molecule has 0 amide bonds. The summed E-state index contributed by atoms with van der Waals surface area (Å²) >= 11 is 0. The third-order valence-corrected chi connectivity index (χ3v) is 3.01. The minimum absolute atomic E-state index is 0. The van der Waals surface area contributed by atoms with E-state index in [0.29, 0.717) is 10.8 Å². The Kier molecular flexibility index (Phi) is 29.5. The van der Waals surface area contributed by atoms with E-state index in [0.717, 1.165) is 22.4 Å². The molecule has 154 valence electrons. The van der Waals surface area contributed by atoms with E-state index < -0.39 is 0 Å². The average molecular weight is 507 g/mol. The Bertz CT molecular complexity index is 422. The van der Waals surface area contributed by atoms with Crippen LogP contribution in [0.15, 0.2) is 48.1 Å². The summed E-state index contributed by atoms with van der Waals surface area (Å²) in [4.78, 5) is 0. The Hall–Kier alpha value is 0.250. The molecular weight excluding hydrogens is 466 g/mol. The Morgan fingerprint density at radius 1 is 0.889 bits per heavy atom. The first kappa shape index (κ1) is 37.9. The first-order chi connectivity index (χ1) is 11.0. The Balaban J connectivity index is -0.0000000856. The van der Waals surface area contributed by atoms with Crippen LogP contribution in [0.25, 0.3) is 0 Å². The smallest absolute Gasteiger partial charge is 0.269 e. The van der Waals surface area contributed by atoms with Crippen LogP contribution in [-0.4, -0.2) is 9.52 Å². The van der Waals surface area contributed by atoms with Crippen LogP contribution in [0.5, 0.6) is 0 Å². The fourth-order valence-electron chi connectivity index (χ4n) is 1.84. The van der Waals surface area contributed by atoms with Gasteiger partial charge in [0.15, 0.2) is 0 Å². The van der Waals surface area contributed by atoms with Crippen molar-refractivity contribution in [2.24, 2.45) is 10.8 Å². The molecule has 0 aromatic rings. The van der Waals surface area contributed by atoms with Crippen LogP contribution in [0.1, 0.15) is 54.4 Å². The van der Waals surface area contributed by atoms with E-state index in [2.05, 4.69) is 105 Å². The van der Waals surface area contributed by atoms with Crippen LogP contribution in [0.2, 0.25) is 13.1 Å². The molecular formula is C23H40Cl2SiZr. The van der Waals surface area contributed by atoms with E-state index >= 15 is 0 Å². The normalized spacial score (nSPS) is 13.3. The zero-order valence-corrected chi connectivity index (χ0v) is 23.9. The molecule has 0 aliphatic heterocycles.